The van der Waals surface area contributed by atoms with Crippen molar-refractivity contribution >= 4 is 39.1 Å². The summed E-state index contributed by atoms with van der Waals surface area (Å²) < 4.78 is 42.7. The molecule has 0 aliphatic heterocycles. The van der Waals surface area contributed by atoms with Crippen molar-refractivity contribution < 1.29 is 169 Å². The van der Waals surface area contributed by atoms with Crippen LogP contribution in [0.4, 0.5) is 0 Å². The molecule has 0 rings (SSSR count). The van der Waals surface area contributed by atoms with E-state index in [2.05, 4.69) is 0 Å². The molecule has 0 atom stereocenters. The Hall–Kier alpha value is 2.73. The molecule has 21 nitrogen and oxygen atoms in total. The number of phosphoric acid groups is 5. The minimum Gasteiger partial charge on any atom is -0.822 e. The van der Waals surface area contributed by atoms with Gasteiger partial charge in [0, 0.05) is 0 Å². The van der Waals surface area contributed by atoms with Gasteiger partial charge in [-0.05, 0) is 0 Å². The van der Waals surface area contributed by atoms with E-state index in [1.807, 2.05) is 0 Å². The zero-order valence-electron chi connectivity index (χ0n) is 12.2. The first-order chi connectivity index (χ1) is 10.0. The zero-order chi connectivity index (χ0) is 22.5. The minimum absolute atomic E-state index is 0. The zero-order valence-corrected chi connectivity index (χ0v) is 23.3. The number of hydrogen-bond acceptors (Lipinski definition) is 20. The van der Waals surface area contributed by atoms with Crippen molar-refractivity contribution in [2.75, 3.05) is 0 Å². The summed E-state index contributed by atoms with van der Waals surface area (Å²) in [7, 11) is -26.9. The summed E-state index contributed by atoms with van der Waals surface area (Å²) in [6.07, 6.45) is 0. The average Bonchev–Trinajstić information content (AvgIpc) is 1.79. The molecule has 29 heavy (non-hydrogen) atoms. The smallest absolute Gasteiger partial charge is 0.822 e. The summed E-state index contributed by atoms with van der Waals surface area (Å²) in [5.41, 5.74) is 0. The summed E-state index contributed by atoms with van der Waals surface area (Å²) in [6, 6.07) is 0. The van der Waals surface area contributed by atoms with Gasteiger partial charge in [0.2, 0.25) is 0 Å². The molecule has 0 aromatic rings. The third kappa shape index (κ3) is 3400. The minimum atomic E-state index is -5.39. The Morgan fingerprint density at radius 1 is 0.276 bits per heavy atom. The molecule has 0 aliphatic carbocycles. The second kappa shape index (κ2) is 25.4. The Bertz CT molecular complexity index is 379. The molecule has 0 amide bonds. The van der Waals surface area contributed by atoms with Crippen LogP contribution in [0.3, 0.4) is 0 Å². The van der Waals surface area contributed by atoms with Crippen LogP contribution in [0.5, 0.6) is 0 Å². The Balaban J connectivity index is -0.0000000238. The summed E-state index contributed by atoms with van der Waals surface area (Å²) >= 11 is 0. The fourth-order valence-electron chi connectivity index (χ4n) is 0. The molecule has 0 bridgehead atoms. The van der Waals surface area contributed by atoms with Gasteiger partial charge in [-0.1, -0.05) is 0 Å². The van der Waals surface area contributed by atoms with Crippen molar-refractivity contribution in [2.24, 2.45) is 0 Å². The normalized spacial score (nSPS) is 10.2. The van der Waals surface area contributed by atoms with E-state index < -0.39 is 39.1 Å². The first-order valence-electron chi connectivity index (χ1n) is 3.65. The Morgan fingerprint density at radius 2 is 0.276 bits per heavy atom. The monoisotopic (exact) mass is 771 g/mol. The number of hydrogen-bond donors (Lipinski definition) is 0. The second-order valence-electron chi connectivity index (χ2n) is 2.24. The summed E-state index contributed by atoms with van der Waals surface area (Å²) in [6.45, 7) is 0. The van der Waals surface area contributed by atoms with Gasteiger partial charge in [0.1, 0.15) is 0 Å². The summed E-state index contributed by atoms with van der Waals surface area (Å²) in [5, 5.41) is 0. The molecule has 0 saturated carbocycles. The van der Waals surface area contributed by atoms with Crippen LogP contribution < -0.4 is 73.4 Å². The van der Waals surface area contributed by atoms with Gasteiger partial charge in [-0.3, -0.25) is 0 Å². The van der Waals surface area contributed by atoms with E-state index in [4.69, 9.17) is 96.2 Å². The molecular formula is H2Nb3O21P5. The standard InChI is InChI=1S/3Nb.5H3O4P.H2O/c;;;5*1-5(2,3)4;/h;;;5*(H3,1,2,3,4);1H2/q3*+5;;;;;;/p-15. The Morgan fingerprint density at radius 3 is 0.276 bits per heavy atom. The van der Waals surface area contributed by atoms with Crippen LogP contribution in [0, 0.1) is 0 Å². The maximum atomic E-state index is 8.55. The van der Waals surface area contributed by atoms with Crippen molar-refractivity contribution in [3.8, 4) is 0 Å². The topological polar surface area (TPSA) is 463 Å². The second-order valence-corrected chi connectivity index (χ2v) is 6.71. The first-order valence-corrected chi connectivity index (χ1v) is 11.0. The predicted octanol–water partition coefficient (Wildman–Crippen LogP) is -15.0. The van der Waals surface area contributed by atoms with E-state index in [9.17, 15) is 0 Å². The fraction of sp³-hybridized carbons (Fsp3) is 0. The third-order valence-corrected chi connectivity index (χ3v) is 0. The molecule has 0 spiro atoms. The van der Waals surface area contributed by atoms with Gasteiger partial charge in [0.15, 0.2) is 0 Å². The molecule has 29 heteroatoms. The molecule has 0 unspecified atom stereocenters. The van der Waals surface area contributed by atoms with Gasteiger partial charge in [-0.25, -0.2) is 0 Å². The van der Waals surface area contributed by atoms with Crippen molar-refractivity contribution in [3.05, 3.63) is 0 Å². The van der Waals surface area contributed by atoms with E-state index >= 15 is 0 Å². The van der Waals surface area contributed by atoms with Crippen LogP contribution in [-0.4, -0.2) is 5.48 Å². The van der Waals surface area contributed by atoms with E-state index in [0.29, 0.717) is 0 Å². The van der Waals surface area contributed by atoms with Gasteiger partial charge in [-0.15, -0.1) is 0 Å². The molecule has 0 heterocycles. The van der Waals surface area contributed by atoms with Gasteiger partial charge in [0.05, 0.1) is 0 Å². The van der Waals surface area contributed by atoms with Crippen LogP contribution in [-0.2, 0) is 90.0 Å². The molecule has 0 fully saturated rings. The van der Waals surface area contributed by atoms with Crippen LogP contribution in [0.25, 0.3) is 0 Å². The number of rotatable bonds is 0. The summed E-state index contributed by atoms with van der Waals surface area (Å²) in [4.78, 5) is 128. The molecule has 0 saturated heterocycles. The Labute approximate surface area is 206 Å². The maximum absolute atomic E-state index is 8.55. The Kier molecular flexibility index (Phi) is 50.7. The third-order valence-electron chi connectivity index (χ3n) is 0. The molecule has 2 N–H and O–H groups in total. The van der Waals surface area contributed by atoms with E-state index in [1.54, 1.807) is 0 Å². The molecule has 168 valence electrons. The van der Waals surface area contributed by atoms with Crippen LogP contribution in [0.1, 0.15) is 0 Å². The molecular weight excluding hydrogens is 770 g/mol. The molecule has 0 aliphatic rings. The summed E-state index contributed by atoms with van der Waals surface area (Å²) in [5.74, 6) is 0. The molecule has 0 radical (unpaired) electrons. The predicted molar refractivity (Wildman–Crippen MR) is 41.6 cm³/mol. The van der Waals surface area contributed by atoms with Crippen LogP contribution >= 0.6 is 39.1 Å². The van der Waals surface area contributed by atoms with Crippen molar-refractivity contribution in [2.45, 2.75) is 0 Å². The largest absolute Gasteiger partial charge is 5.00 e. The van der Waals surface area contributed by atoms with Gasteiger partial charge in [-0.2, -0.15) is 39.1 Å². The van der Waals surface area contributed by atoms with Gasteiger partial charge < -0.3 is 102 Å². The van der Waals surface area contributed by atoms with E-state index in [-0.39, 0.29) is 72.6 Å². The average molecular weight is 772 g/mol. The fourth-order valence-corrected chi connectivity index (χ4v) is 0. The van der Waals surface area contributed by atoms with Crippen molar-refractivity contribution in [1.82, 2.24) is 0 Å². The molecule has 0 aromatic heterocycles. The van der Waals surface area contributed by atoms with Crippen LogP contribution in [0.15, 0.2) is 0 Å². The van der Waals surface area contributed by atoms with Gasteiger partial charge >= 0.3 is 67.1 Å². The van der Waals surface area contributed by atoms with E-state index in [1.165, 1.54) is 0 Å². The van der Waals surface area contributed by atoms with Gasteiger partial charge in [0.25, 0.3) is 0 Å². The molecule has 0 aromatic carbocycles. The maximum Gasteiger partial charge on any atom is 5.00 e. The van der Waals surface area contributed by atoms with Crippen molar-refractivity contribution in [1.29, 1.82) is 0 Å². The first kappa shape index (κ1) is 58.0. The SMILES string of the molecule is O.O=P([O-])([O-])[O-].O=P([O-])([O-])[O-].O=P([O-])([O-])[O-].O=P([O-])([O-])[O-].O=P([O-])([O-])[O-].[Nb+5].[Nb+5].[Nb+5]. The quantitative estimate of drug-likeness (QED) is 0.163. The van der Waals surface area contributed by atoms with Crippen molar-refractivity contribution in [3.63, 3.8) is 0 Å². The van der Waals surface area contributed by atoms with Crippen LogP contribution in [0.2, 0.25) is 0 Å². The van der Waals surface area contributed by atoms with E-state index in [0.717, 1.165) is 0 Å².